The number of rotatable bonds is 8. The summed E-state index contributed by atoms with van der Waals surface area (Å²) < 4.78 is 5.54. The zero-order valence-electron chi connectivity index (χ0n) is 19.7. The average Bonchev–Trinajstić information content (AvgIpc) is 3.12. The van der Waals surface area contributed by atoms with Crippen LogP contribution in [0, 0.1) is 6.92 Å². The van der Waals surface area contributed by atoms with Gasteiger partial charge in [-0.15, -0.1) is 0 Å². The van der Waals surface area contributed by atoms with E-state index in [2.05, 4.69) is 10.6 Å². The smallest absolute Gasteiger partial charge is 0.294 e. The van der Waals surface area contributed by atoms with Crippen LogP contribution < -0.4 is 15.4 Å². The fourth-order valence-electron chi connectivity index (χ4n) is 3.41. The summed E-state index contributed by atoms with van der Waals surface area (Å²) in [7, 11) is 0. The first kappa shape index (κ1) is 26.0. The van der Waals surface area contributed by atoms with Gasteiger partial charge in [0.15, 0.2) is 6.61 Å². The zero-order valence-corrected chi connectivity index (χ0v) is 21.3. The highest BCUT2D eigenvalue weighted by molar-refractivity contribution is 8.18. The van der Waals surface area contributed by atoms with Crippen LogP contribution >= 0.6 is 23.4 Å². The molecule has 3 aromatic rings. The Balaban J connectivity index is 1.31. The van der Waals surface area contributed by atoms with Crippen molar-refractivity contribution in [2.45, 2.75) is 6.92 Å². The van der Waals surface area contributed by atoms with Crippen LogP contribution in [0.25, 0.3) is 6.08 Å². The number of nitrogens with one attached hydrogen (secondary N) is 2. The van der Waals surface area contributed by atoms with Crippen molar-refractivity contribution >= 4 is 63.8 Å². The third-order valence-corrected chi connectivity index (χ3v) is 6.39. The van der Waals surface area contributed by atoms with Crippen molar-refractivity contribution in [2.24, 2.45) is 0 Å². The highest BCUT2D eigenvalue weighted by Crippen LogP contribution is 2.32. The fourth-order valence-corrected chi connectivity index (χ4v) is 4.44. The normalized spacial score (nSPS) is 14.1. The number of benzene rings is 3. The number of para-hydroxylation sites is 1. The number of carbonyl (C=O) groups excluding carboxylic acids is 4. The minimum Gasteiger partial charge on any atom is -0.484 e. The molecule has 1 aliphatic rings. The second-order valence-electron chi connectivity index (χ2n) is 8.05. The van der Waals surface area contributed by atoms with Crippen molar-refractivity contribution in [3.05, 3.63) is 93.9 Å². The molecule has 0 bridgehead atoms. The molecular formula is C27H22ClN3O5S. The van der Waals surface area contributed by atoms with Gasteiger partial charge in [0.1, 0.15) is 12.3 Å². The molecule has 4 amide bonds. The van der Waals surface area contributed by atoms with Crippen LogP contribution in [0.3, 0.4) is 0 Å². The highest BCUT2D eigenvalue weighted by Gasteiger charge is 2.36. The summed E-state index contributed by atoms with van der Waals surface area (Å²) >= 11 is 6.67. The molecule has 2 N–H and O–H groups in total. The SMILES string of the molecule is Cc1ccccc1NC(=O)COc1ccc(/C=C2\SC(=O)N(CC(=O)Nc3cccc(Cl)c3)C2=O)cc1. The first-order chi connectivity index (χ1) is 17.8. The van der Waals surface area contributed by atoms with Gasteiger partial charge in [0, 0.05) is 16.4 Å². The highest BCUT2D eigenvalue weighted by atomic mass is 35.5. The monoisotopic (exact) mass is 535 g/mol. The second kappa shape index (κ2) is 11.8. The quantitative estimate of drug-likeness (QED) is 0.377. The number of nitrogens with zero attached hydrogens (tertiary/aromatic N) is 1. The Hall–Kier alpha value is -4.08. The van der Waals surface area contributed by atoms with Gasteiger partial charge in [0.2, 0.25) is 5.91 Å². The standard InChI is InChI=1S/C27H22ClN3O5S/c1-17-5-2-3-8-22(17)30-25(33)16-36-21-11-9-18(10-12-21)13-23-26(34)31(27(35)37-23)15-24(32)29-20-7-4-6-19(28)14-20/h2-14H,15-16H2,1H3,(H,29,32)(H,30,33)/b23-13-. The maximum atomic E-state index is 12.7. The maximum absolute atomic E-state index is 12.7. The Labute approximate surface area is 222 Å². The van der Waals surface area contributed by atoms with Crippen LogP contribution in [0.5, 0.6) is 5.75 Å². The lowest BCUT2D eigenvalue weighted by molar-refractivity contribution is -0.127. The molecule has 1 saturated heterocycles. The van der Waals surface area contributed by atoms with E-state index >= 15 is 0 Å². The third-order valence-electron chi connectivity index (χ3n) is 5.25. The molecule has 10 heteroatoms. The van der Waals surface area contributed by atoms with E-state index in [9.17, 15) is 19.2 Å². The van der Waals surface area contributed by atoms with Gasteiger partial charge >= 0.3 is 0 Å². The van der Waals surface area contributed by atoms with Crippen molar-refractivity contribution in [1.29, 1.82) is 0 Å². The first-order valence-corrected chi connectivity index (χ1v) is 12.4. The van der Waals surface area contributed by atoms with Crippen molar-refractivity contribution in [2.75, 3.05) is 23.8 Å². The number of carbonyl (C=O) groups is 4. The number of hydrogen-bond donors (Lipinski definition) is 2. The van der Waals surface area contributed by atoms with Crippen LogP contribution in [-0.2, 0) is 14.4 Å². The van der Waals surface area contributed by atoms with Gasteiger partial charge in [-0.3, -0.25) is 24.1 Å². The Morgan fingerprint density at radius 2 is 1.73 bits per heavy atom. The second-order valence-corrected chi connectivity index (χ2v) is 9.48. The molecule has 37 heavy (non-hydrogen) atoms. The molecule has 3 aromatic carbocycles. The summed E-state index contributed by atoms with van der Waals surface area (Å²) in [5, 5.41) is 5.34. The summed E-state index contributed by atoms with van der Waals surface area (Å²) in [4.78, 5) is 50.7. The molecular weight excluding hydrogens is 514 g/mol. The summed E-state index contributed by atoms with van der Waals surface area (Å²) in [6, 6.07) is 20.7. The molecule has 1 fully saturated rings. The third kappa shape index (κ3) is 6.99. The van der Waals surface area contributed by atoms with Crippen molar-refractivity contribution < 1.29 is 23.9 Å². The molecule has 1 aliphatic heterocycles. The van der Waals surface area contributed by atoms with E-state index in [1.165, 1.54) is 0 Å². The van der Waals surface area contributed by atoms with Gasteiger partial charge in [0.25, 0.3) is 17.1 Å². The zero-order chi connectivity index (χ0) is 26.4. The van der Waals surface area contributed by atoms with E-state index in [4.69, 9.17) is 16.3 Å². The molecule has 1 heterocycles. The molecule has 0 unspecified atom stereocenters. The van der Waals surface area contributed by atoms with Crippen LogP contribution in [0.15, 0.2) is 77.7 Å². The predicted octanol–water partition coefficient (Wildman–Crippen LogP) is 5.34. The van der Waals surface area contributed by atoms with Gasteiger partial charge in [-0.1, -0.05) is 48.0 Å². The van der Waals surface area contributed by atoms with Crippen LogP contribution in [0.2, 0.25) is 5.02 Å². The number of aryl methyl sites for hydroxylation is 1. The molecule has 0 aliphatic carbocycles. The van der Waals surface area contributed by atoms with Gasteiger partial charge < -0.3 is 15.4 Å². The fraction of sp³-hybridized carbons (Fsp3) is 0.111. The molecule has 8 nitrogen and oxygen atoms in total. The van der Waals surface area contributed by atoms with E-state index in [-0.39, 0.29) is 17.4 Å². The largest absolute Gasteiger partial charge is 0.484 e. The molecule has 0 atom stereocenters. The molecule has 4 rings (SSSR count). The molecule has 0 saturated carbocycles. The van der Waals surface area contributed by atoms with E-state index < -0.39 is 23.6 Å². The summed E-state index contributed by atoms with van der Waals surface area (Å²) in [5.74, 6) is -0.877. The van der Waals surface area contributed by atoms with Crippen molar-refractivity contribution in [1.82, 2.24) is 4.90 Å². The maximum Gasteiger partial charge on any atom is 0.294 e. The lowest BCUT2D eigenvalue weighted by Crippen LogP contribution is -2.36. The van der Waals surface area contributed by atoms with Gasteiger partial charge in [-0.25, -0.2) is 0 Å². The Kier molecular flexibility index (Phi) is 8.27. The molecule has 188 valence electrons. The van der Waals surface area contributed by atoms with E-state index in [1.807, 2.05) is 31.2 Å². The van der Waals surface area contributed by atoms with Crippen molar-refractivity contribution in [3.8, 4) is 5.75 Å². The molecule has 0 spiro atoms. The Morgan fingerprint density at radius 1 is 0.973 bits per heavy atom. The van der Waals surface area contributed by atoms with Gasteiger partial charge in [0.05, 0.1) is 4.91 Å². The number of hydrogen-bond acceptors (Lipinski definition) is 6. The minimum atomic E-state index is -0.551. The Bertz CT molecular complexity index is 1390. The minimum absolute atomic E-state index is 0.163. The number of halogens is 1. The summed E-state index contributed by atoms with van der Waals surface area (Å²) in [6.45, 7) is 1.33. The number of amides is 4. The van der Waals surface area contributed by atoms with Crippen LogP contribution in [0.1, 0.15) is 11.1 Å². The summed E-state index contributed by atoms with van der Waals surface area (Å²) in [5.41, 5.74) is 2.80. The lowest BCUT2D eigenvalue weighted by Gasteiger charge is -2.12. The average molecular weight is 536 g/mol. The van der Waals surface area contributed by atoms with Gasteiger partial charge in [-0.2, -0.15) is 0 Å². The lowest BCUT2D eigenvalue weighted by atomic mass is 10.2. The van der Waals surface area contributed by atoms with E-state index in [1.54, 1.807) is 54.6 Å². The number of anilines is 2. The topological polar surface area (TPSA) is 105 Å². The predicted molar refractivity (Wildman–Crippen MR) is 145 cm³/mol. The molecule has 0 aromatic heterocycles. The number of thioether (sulfide) groups is 1. The molecule has 0 radical (unpaired) electrons. The van der Waals surface area contributed by atoms with E-state index in [0.29, 0.717) is 22.0 Å². The van der Waals surface area contributed by atoms with Crippen LogP contribution in [-0.4, -0.2) is 41.0 Å². The van der Waals surface area contributed by atoms with Crippen molar-refractivity contribution in [3.63, 3.8) is 0 Å². The number of imide groups is 1. The number of ether oxygens (including phenoxy) is 1. The van der Waals surface area contributed by atoms with E-state index in [0.717, 1.165) is 27.9 Å². The first-order valence-electron chi connectivity index (χ1n) is 11.2. The Morgan fingerprint density at radius 3 is 2.46 bits per heavy atom. The van der Waals surface area contributed by atoms with Crippen LogP contribution in [0.4, 0.5) is 16.2 Å². The van der Waals surface area contributed by atoms with Gasteiger partial charge in [-0.05, 0) is 72.3 Å². The summed E-state index contributed by atoms with van der Waals surface area (Å²) in [6.07, 6.45) is 1.56.